The lowest BCUT2D eigenvalue weighted by atomic mass is 10.1. The molecule has 1 aromatic heterocycles. The van der Waals surface area contributed by atoms with Crippen molar-refractivity contribution >= 4 is 45.8 Å². The molecule has 37 heavy (non-hydrogen) atoms. The van der Waals surface area contributed by atoms with Gasteiger partial charge in [-0.1, -0.05) is 57.2 Å². The number of non-ortho nitro benzene ring substituents is 1. The number of nitro groups is 1. The predicted molar refractivity (Wildman–Crippen MR) is 154 cm³/mol. The van der Waals surface area contributed by atoms with Crippen molar-refractivity contribution in [2.24, 2.45) is 4.74 Å². The highest BCUT2D eigenvalue weighted by molar-refractivity contribution is 7.71. The molecule has 0 aliphatic carbocycles. The molecule has 0 aliphatic rings. The van der Waals surface area contributed by atoms with Crippen LogP contribution >= 0.6 is 7.28 Å². The Morgan fingerprint density at radius 1 is 0.865 bits per heavy atom. The summed E-state index contributed by atoms with van der Waals surface area (Å²) < 4.78 is 14.6. The van der Waals surface area contributed by atoms with Crippen molar-refractivity contribution in [2.75, 3.05) is 0 Å². The van der Waals surface area contributed by atoms with Crippen LogP contribution in [-0.2, 0) is 6.54 Å². The molecular weight excluding hydrogens is 481 g/mol. The Kier molecular flexibility index (Phi) is 6.38. The fraction of sp³-hybridized carbons (Fsp3) is 0.200. The summed E-state index contributed by atoms with van der Waals surface area (Å²) in [7, 11) is -2.75. The maximum Gasteiger partial charge on any atom is 0.269 e. The average Bonchev–Trinajstić information content (AvgIpc) is 3.21. The molecule has 4 aromatic carbocycles. The van der Waals surface area contributed by atoms with E-state index in [1.165, 1.54) is 33.9 Å². The number of benzene rings is 4. The predicted octanol–water partition coefficient (Wildman–Crippen LogP) is 8.67. The lowest BCUT2D eigenvalue weighted by molar-refractivity contribution is -0.384. The molecular formula is C30H30N3O3P. The summed E-state index contributed by atoms with van der Waals surface area (Å²) in [4.78, 5) is 10.8. The molecule has 1 unspecified atom stereocenters. The Hall–Kier alpha value is -3.89. The first kappa shape index (κ1) is 24.8. The molecule has 0 amide bonds. The van der Waals surface area contributed by atoms with Gasteiger partial charge in [-0.25, -0.2) is 4.74 Å². The monoisotopic (exact) mass is 511 g/mol. The van der Waals surface area contributed by atoms with Crippen molar-refractivity contribution in [3.63, 3.8) is 0 Å². The molecule has 1 heterocycles. The van der Waals surface area contributed by atoms with Gasteiger partial charge >= 0.3 is 0 Å². The number of fused-ring (bicyclic) bond motifs is 3. The molecule has 0 bridgehead atoms. The fourth-order valence-corrected chi connectivity index (χ4v) is 7.89. The summed E-state index contributed by atoms with van der Waals surface area (Å²) in [5.74, 6) is 0.743. The second-order valence-electron chi connectivity index (χ2n) is 9.99. The van der Waals surface area contributed by atoms with Gasteiger partial charge in [-0.15, -0.1) is 0 Å². The number of aromatic nitrogens is 1. The zero-order chi connectivity index (χ0) is 26.2. The van der Waals surface area contributed by atoms with Gasteiger partial charge in [0.1, 0.15) is 5.75 Å². The first-order valence-electron chi connectivity index (χ1n) is 12.4. The van der Waals surface area contributed by atoms with E-state index in [0.717, 1.165) is 17.6 Å². The van der Waals surface area contributed by atoms with Gasteiger partial charge in [-0.2, -0.15) is 0 Å². The van der Waals surface area contributed by atoms with Crippen molar-refractivity contribution in [2.45, 2.75) is 39.4 Å². The van der Waals surface area contributed by atoms with Gasteiger partial charge in [-0.3, -0.25) is 10.1 Å². The molecule has 0 aliphatic heterocycles. The van der Waals surface area contributed by atoms with Gasteiger partial charge in [-0.05, 0) is 55.5 Å². The van der Waals surface area contributed by atoms with Crippen LogP contribution in [-0.4, -0.2) is 14.6 Å². The molecule has 1 atom stereocenters. The van der Waals surface area contributed by atoms with E-state index in [2.05, 4.69) is 74.7 Å². The van der Waals surface area contributed by atoms with E-state index >= 15 is 0 Å². The zero-order valence-corrected chi connectivity index (χ0v) is 22.4. The Bertz CT molecular complexity index is 1650. The molecule has 0 fully saturated rings. The van der Waals surface area contributed by atoms with Gasteiger partial charge in [0.25, 0.3) is 5.69 Å². The fourth-order valence-electron chi connectivity index (χ4n) is 4.81. The van der Waals surface area contributed by atoms with Crippen molar-refractivity contribution < 1.29 is 9.45 Å². The number of rotatable bonds is 6. The third kappa shape index (κ3) is 4.42. The van der Waals surface area contributed by atoms with Crippen LogP contribution in [0.15, 0.2) is 102 Å². The van der Waals surface area contributed by atoms with Gasteiger partial charge in [0.2, 0.25) is 0 Å². The summed E-state index contributed by atoms with van der Waals surface area (Å²) in [5.41, 5.74) is 3.07. The van der Waals surface area contributed by atoms with E-state index in [-0.39, 0.29) is 10.8 Å². The second kappa shape index (κ2) is 9.53. The van der Waals surface area contributed by atoms with Crippen LogP contribution in [0, 0.1) is 10.1 Å². The Morgan fingerprint density at radius 2 is 1.51 bits per heavy atom. The topological polar surface area (TPSA) is 69.7 Å². The molecule has 0 N–H and O–H groups in total. The summed E-state index contributed by atoms with van der Waals surface area (Å²) >= 11 is 0. The zero-order valence-electron chi connectivity index (χ0n) is 21.5. The largest absolute Gasteiger partial charge is 0.455 e. The second-order valence-corrected chi connectivity index (χ2v) is 13.4. The lowest BCUT2D eigenvalue weighted by Crippen LogP contribution is -2.27. The standard InChI is InChI=1S/C30H30N3O3P/c1-5-32-28-14-10-9-13-26(28)27-21-25(19-20-29(27)32)37(30(2,3)4,36-24-11-7-6-8-12-24)31-22-15-17-23(18-16-22)33(34)35/h6-21H,5H2,1-4H3. The van der Waals surface area contributed by atoms with E-state index < -0.39 is 12.2 Å². The van der Waals surface area contributed by atoms with Crippen LogP contribution in [0.2, 0.25) is 0 Å². The molecule has 6 nitrogen and oxygen atoms in total. The maximum atomic E-state index is 11.2. The van der Waals surface area contributed by atoms with Crippen LogP contribution in [0.25, 0.3) is 21.8 Å². The minimum atomic E-state index is -2.75. The van der Waals surface area contributed by atoms with E-state index in [0.29, 0.717) is 5.69 Å². The van der Waals surface area contributed by atoms with Gasteiger partial charge in [0.15, 0.2) is 7.28 Å². The van der Waals surface area contributed by atoms with Crippen LogP contribution in [0.3, 0.4) is 0 Å². The van der Waals surface area contributed by atoms with Crippen LogP contribution < -0.4 is 9.83 Å². The molecule has 7 heteroatoms. The number of hydrogen-bond acceptors (Lipinski definition) is 4. The van der Waals surface area contributed by atoms with Crippen molar-refractivity contribution in [1.29, 1.82) is 0 Å². The Labute approximate surface area is 216 Å². The first-order chi connectivity index (χ1) is 17.7. The van der Waals surface area contributed by atoms with Crippen molar-refractivity contribution in [3.8, 4) is 5.75 Å². The highest BCUT2D eigenvalue weighted by atomic mass is 31.2. The lowest BCUT2D eigenvalue weighted by Gasteiger charge is -2.37. The number of aryl methyl sites for hydroxylation is 1. The van der Waals surface area contributed by atoms with Gasteiger partial charge in [0.05, 0.1) is 10.6 Å². The minimum Gasteiger partial charge on any atom is -0.455 e. The maximum absolute atomic E-state index is 11.2. The molecule has 0 spiro atoms. The minimum absolute atomic E-state index is 0.0383. The third-order valence-electron chi connectivity index (χ3n) is 6.63. The molecule has 188 valence electrons. The molecule has 0 saturated heterocycles. The summed E-state index contributed by atoms with van der Waals surface area (Å²) in [6.45, 7) is 9.49. The summed E-state index contributed by atoms with van der Waals surface area (Å²) in [6, 6.07) is 31.2. The summed E-state index contributed by atoms with van der Waals surface area (Å²) in [5, 5.41) is 14.2. The van der Waals surface area contributed by atoms with Crippen molar-refractivity contribution in [1.82, 2.24) is 4.57 Å². The highest BCUT2D eigenvalue weighted by Crippen LogP contribution is 2.62. The molecule has 5 aromatic rings. The van der Waals surface area contributed by atoms with E-state index in [4.69, 9.17) is 9.27 Å². The summed E-state index contributed by atoms with van der Waals surface area (Å²) in [6.07, 6.45) is 0. The highest BCUT2D eigenvalue weighted by Gasteiger charge is 2.39. The van der Waals surface area contributed by atoms with E-state index in [9.17, 15) is 10.1 Å². The number of hydrogen-bond donors (Lipinski definition) is 0. The SMILES string of the molecule is CCn1c2ccccc2c2cc(P(=Nc3ccc([N+](=O)[O-])cc3)(Oc3ccccc3)C(C)(C)C)ccc21. The Balaban J connectivity index is 1.82. The van der Waals surface area contributed by atoms with E-state index in [1.807, 2.05) is 30.3 Å². The van der Waals surface area contributed by atoms with Crippen LogP contribution in [0.4, 0.5) is 11.4 Å². The quantitative estimate of drug-likeness (QED) is 0.130. The normalized spacial score (nSPS) is 13.4. The van der Waals surface area contributed by atoms with Gasteiger partial charge in [0, 0.05) is 50.9 Å². The van der Waals surface area contributed by atoms with Crippen molar-refractivity contribution in [3.05, 3.63) is 107 Å². The first-order valence-corrected chi connectivity index (χ1v) is 14.0. The van der Waals surface area contributed by atoms with Gasteiger partial charge < -0.3 is 9.09 Å². The number of para-hydroxylation sites is 2. The molecule has 0 saturated carbocycles. The van der Waals surface area contributed by atoms with Crippen LogP contribution in [0.1, 0.15) is 27.7 Å². The molecule has 5 rings (SSSR count). The number of nitrogens with zero attached hydrogens (tertiary/aromatic N) is 3. The van der Waals surface area contributed by atoms with E-state index in [1.54, 1.807) is 12.1 Å². The third-order valence-corrected chi connectivity index (χ3v) is 10.4. The van der Waals surface area contributed by atoms with Crippen LogP contribution in [0.5, 0.6) is 5.75 Å². The number of nitro benzene ring substituents is 1. The smallest absolute Gasteiger partial charge is 0.269 e. The molecule has 0 radical (unpaired) electrons. The average molecular weight is 512 g/mol. The Morgan fingerprint density at radius 3 is 2.16 bits per heavy atom.